The molecule has 2 aromatic carbocycles. The summed E-state index contributed by atoms with van der Waals surface area (Å²) in [4.78, 5) is 9.18. The van der Waals surface area contributed by atoms with E-state index in [1.165, 1.54) is 5.56 Å². The Kier molecular flexibility index (Phi) is 6.49. The molecule has 2 N–H and O–H groups in total. The molecule has 1 atom stereocenters. The third kappa shape index (κ3) is 5.11. The maximum Gasteiger partial charge on any atom is 0.191 e. The predicted octanol–water partition coefficient (Wildman–Crippen LogP) is 2.83. The summed E-state index contributed by atoms with van der Waals surface area (Å²) in [6.45, 7) is 5.19. The van der Waals surface area contributed by atoms with Crippen molar-refractivity contribution in [1.29, 1.82) is 0 Å². The number of aromatic nitrogens is 2. The minimum Gasteiger partial charge on any atom is -0.486 e. The van der Waals surface area contributed by atoms with Crippen molar-refractivity contribution in [1.82, 2.24) is 20.2 Å². The molecule has 0 radical (unpaired) electrons. The lowest BCUT2D eigenvalue weighted by Gasteiger charge is -2.27. The fraction of sp³-hybridized carbons (Fsp3) is 0.304. The largest absolute Gasteiger partial charge is 0.486 e. The molecule has 4 rings (SSSR count). The number of nitrogens with zero attached hydrogens (tertiary/aromatic N) is 3. The molecule has 0 spiro atoms. The van der Waals surface area contributed by atoms with Crippen molar-refractivity contribution in [3.05, 3.63) is 78.4 Å². The van der Waals surface area contributed by atoms with Gasteiger partial charge >= 0.3 is 0 Å². The zero-order valence-electron chi connectivity index (χ0n) is 17.1. The summed E-state index contributed by atoms with van der Waals surface area (Å²) < 4.78 is 13.9. The van der Waals surface area contributed by atoms with E-state index in [2.05, 4.69) is 32.3 Å². The molecule has 2 heterocycles. The van der Waals surface area contributed by atoms with E-state index in [4.69, 9.17) is 14.5 Å². The number of hydrogen-bond acceptors (Lipinski definition) is 4. The molecule has 156 valence electrons. The van der Waals surface area contributed by atoms with Gasteiger partial charge in [-0.15, -0.1) is 0 Å². The van der Waals surface area contributed by atoms with Crippen LogP contribution < -0.4 is 20.1 Å². The highest BCUT2D eigenvalue weighted by Crippen LogP contribution is 2.30. The molecule has 0 saturated heterocycles. The molecule has 0 fully saturated rings. The van der Waals surface area contributed by atoms with Gasteiger partial charge in [-0.3, -0.25) is 0 Å². The number of hydrogen-bond donors (Lipinski definition) is 2. The molecule has 1 aliphatic rings. The van der Waals surface area contributed by atoms with E-state index < -0.39 is 0 Å². The van der Waals surface area contributed by atoms with Crippen molar-refractivity contribution in [3.63, 3.8) is 0 Å². The third-order valence-electron chi connectivity index (χ3n) is 4.78. The highest BCUT2D eigenvalue weighted by Gasteiger charge is 2.20. The minimum absolute atomic E-state index is 0.0798. The smallest absolute Gasteiger partial charge is 0.191 e. The summed E-state index contributed by atoms with van der Waals surface area (Å²) in [5.41, 5.74) is 1.24. The van der Waals surface area contributed by atoms with Gasteiger partial charge in [0, 0.05) is 25.5 Å². The molecule has 1 unspecified atom stereocenters. The summed E-state index contributed by atoms with van der Waals surface area (Å²) in [5, 5.41) is 6.63. The Morgan fingerprint density at radius 1 is 1.10 bits per heavy atom. The average molecular weight is 406 g/mol. The van der Waals surface area contributed by atoms with Crippen LogP contribution in [-0.2, 0) is 13.1 Å². The van der Waals surface area contributed by atoms with E-state index in [0.717, 1.165) is 36.4 Å². The summed E-state index contributed by atoms with van der Waals surface area (Å²) in [6.07, 6.45) is 3.73. The topological polar surface area (TPSA) is 72.7 Å². The third-order valence-corrected chi connectivity index (χ3v) is 4.78. The van der Waals surface area contributed by atoms with Crippen molar-refractivity contribution in [2.24, 2.45) is 4.99 Å². The lowest BCUT2D eigenvalue weighted by atomic mass is 10.2. The molecule has 30 heavy (non-hydrogen) atoms. The van der Waals surface area contributed by atoms with Crippen LogP contribution in [0.5, 0.6) is 11.5 Å². The van der Waals surface area contributed by atoms with Gasteiger partial charge in [-0.2, -0.15) is 0 Å². The molecule has 0 bridgehead atoms. The number of fused-ring (bicyclic) bond motifs is 1. The Morgan fingerprint density at radius 2 is 1.90 bits per heavy atom. The molecule has 0 saturated carbocycles. The first-order chi connectivity index (χ1) is 14.8. The van der Waals surface area contributed by atoms with Gasteiger partial charge in [-0.25, -0.2) is 9.98 Å². The summed E-state index contributed by atoms with van der Waals surface area (Å²) in [7, 11) is 0. The van der Waals surface area contributed by atoms with Crippen LogP contribution in [0.25, 0.3) is 0 Å². The average Bonchev–Trinajstić information content (AvgIpc) is 3.23. The molecule has 0 aliphatic carbocycles. The van der Waals surface area contributed by atoms with Crippen molar-refractivity contribution >= 4 is 5.96 Å². The van der Waals surface area contributed by atoms with E-state index in [1.807, 2.05) is 61.8 Å². The normalized spacial score (nSPS) is 15.6. The number of rotatable bonds is 7. The lowest BCUT2D eigenvalue weighted by molar-refractivity contribution is 0.0936. The van der Waals surface area contributed by atoms with Gasteiger partial charge in [0.25, 0.3) is 0 Å². The number of guanidine groups is 1. The van der Waals surface area contributed by atoms with Gasteiger partial charge in [-0.1, -0.05) is 42.5 Å². The number of imidazole rings is 1. The van der Waals surface area contributed by atoms with Crippen molar-refractivity contribution in [2.75, 3.05) is 19.7 Å². The second-order valence-corrected chi connectivity index (χ2v) is 7.03. The van der Waals surface area contributed by atoms with Gasteiger partial charge in [0.05, 0.1) is 6.54 Å². The lowest BCUT2D eigenvalue weighted by Crippen LogP contribution is -2.45. The maximum atomic E-state index is 6.01. The summed E-state index contributed by atoms with van der Waals surface area (Å²) in [5.74, 6) is 3.22. The van der Waals surface area contributed by atoms with Crippen LogP contribution in [0.15, 0.2) is 72.0 Å². The minimum atomic E-state index is -0.0798. The van der Waals surface area contributed by atoms with Gasteiger partial charge in [0.1, 0.15) is 25.1 Å². The van der Waals surface area contributed by atoms with Crippen molar-refractivity contribution < 1.29 is 9.47 Å². The predicted molar refractivity (Wildman–Crippen MR) is 117 cm³/mol. The van der Waals surface area contributed by atoms with Crippen LogP contribution >= 0.6 is 0 Å². The number of para-hydroxylation sites is 2. The van der Waals surface area contributed by atoms with E-state index in [9.17, 15) is 0 Å². The Bertz CT molecular complexity index is 970. The van der Waals surface area contributed by atoms with E-state index in [1.54, 1.807) is 0 Å². The first-order valence-corrected chi connectivity index (χ1v) is 10.3. The van der Waals surface area contributed by atoms with Crippen LogP contribution in [0.1, 0.15) is 18.3 Å². The number of nitrogens with one attached hydrogen (secondary N) is 2. The van der Waals surface area contributed by atoms with Crippen LogP contribution in [0.4, 0.5) is 0 Å². The monoisotopic (exact) mass is 405 g/mol. The quantitative estimate of drug-likeness (QED) is 0.467. The molecule has 0 amide bonds. The molecule has 1 aliphatic heterocycles. The Labute approximate surface area is 176 Å². The van der Waals surface area contributed by atoms with Crippen LogP contribution in [-0.4, -0.2) is 41.3 Å². The second kappa shape index (κ2) is 9.82. The zero-order chi connectivity index (χ0) is 20.6. The molecule has 7 nitrogen and oxygen atoms in total. The highest BCUT2D eigenvalue weighted by molar-refractivity contribution is 5.79. The standard InChI is InChI=1S/C23H27N5O2/c1-2-24-23(26-14-19-17-29-20-10-6-7-11-21(20)30-19)27-15-22-25-12-13-28(22)16-18-8-4-3-5-9-18/h3-13,19H,2,14-17H2,1H3,(H2,24,26,27). The van der Waals surface area contributed by atoms with Crippen LogP contribution in [0, 0.1) is 0 Å². The fourth-order valence-corrected chi connectivity index (χ4v) is 3.28. The van der Waals surface area contributed by atoms with Gasteiger partial charge in [0.15, 0.2) is 17.5 Å². The van der Waals surface area contributed by atoms with E-state index in [-0.39, 0.29) is 6.10 Å². The molecule has 1 aromatic heterocycles. The molecule has 3 aromatic rings. The SMILES string of the molecule is CCNC(=NCc1nccn1Cc1ccccc1)NCC1COc2ccccc2O1. The van der Waals surface area contributed by atoms with Crippen LogP contribution in [0.3, 0.4) is 0 Å². The van der Waals surface area contributed by atoms with Crippen molar-refractivity contribution in [3.8, 4) is 11.5 Å². The van der Waals surface area contributed by atoms with Gasteiger partial charge in [-0.05, 0) is 24.6 Å². The summed E-state index contributed by atoms with van der Waals surface area (Å²) >= 11 is 0. The van der Waals surface area contributed by atoms with Crippen molar-refractivity contribution in [2.45, 2.75) is 26.1 Å². The first kappa shape index (κ1) is 19.8. The van der Waals surface area contributed by atoms with Gasteiger partial charge in [0.2, 0.25) is 0 Å². The Hall–Kier alpha value is -3.48. The maximum absolute atomic E-state index is 6.01. The van der Waals surface area contributed by atoms with E-state index >= 15 is 0 Å². The van der Waals surface area contributed by atoms with Gasteiger partial charge < -0.3 is 24.7 Å². The van der Waals surface area contributed by atoms with Crippen LogP contribution in [0.2, 0.25) is 0 Å². The second-order valence-electron chi connectivity index (χ2n) is 7.03. The molecular weight excluding hydrogens is 378 g/mol. The Balaban J connectivity index is 1.35. The Morgan fingerprint density at radius 3 is 2.73 bits per heavy atom. The number of aliphatic imine (C=N–C) groups is 1. The van der Waals surface area contributed by atoms with E-state index in [0.29, 0.717) is 19.7 Å². The number of benzene rings is 2. The fourth-order valence-electron chi connectivity index (χ4n) is 3.28. The number of ether oxygens (including phenoxy) is 2. The zero-order valence-corrected chi connectivity index (χ0v) is 17.1. The summed E-state index contributed by atoms with van der Waals surface area (Å²) in [6, 6.07) is 18.1. The first-order valence-electron chi connectivity index (χ1n) is 10.3. The molecule has 7 heteroatoms. The highest BCUT2D eigenvalue weighted by atomic mass is 16.6. The molecular formula is C23H27N5O2.